The second-order valence-corrected chi connectivity index (χ2v) is 6.93. The Morgan fingerprint density at radius 2 is 1.96 bits per heavy atom. The average Bonchev–Trinajstić information content (AvgIpc) is 3.15. The molecule has 2 aromatic carbocycles. The molecule has 0 radical (unpaired) electrons. The van der Waals surface area contributed by atoms with E-state index in [0.29, 0.717) is 22.9 Å². The second-order valence-electron chi connectivity index (χ2n) is 6.53. The fourth-order valence-electron chi connectivity index (χ4n) is 3.25. The highest BCUT2D eigenvalue weighted by Crippen LogP contribution is 2.30. The van der Waals surface area contributed by atoms with Crippen LogP contribution in [0, 0.1) is 0 Å². The van der Waals surface area contributed by atoms with Gasteiger partial charge in [0.1, 0.15) is 0 Å². The summed E-state index contributed by atoms with van der Waals surface area (Å²) in [5, 5.41) is 10.5. The summed E-state index contributed by atoms with van der Waals surface area (Å²) in [6, 6.07) is 10.6. The molecule has 0 unspecified atom stereocenters. The molecule has 2 aromatic rings. The van der Waals surface area contributed by atoms with E-state index in [9.17, 15) is 9.90 Å². The number of anilines is 1. The first kappa shape index (κ1) is 18.4. The van der Waals surface area contributed by atoms with Crippen LogP contribution in [-0.2, 0) is 6.54 Å². The van der Waals surface area contributed by atoms with Gasteiger partial charge in [-0.25, -0.2) is 0 Å². The minimum atomic E-state index is -0.116. The van der Waals surface area contributed by atoms with Gasteiger partial charge in [-0.2, -0.15) is 0 Å². The van der Waals surface area contributed by atoms with Gasteiger partial charge in [0.25, 0.3) is 5.91 Å². The van der Waals surface area contributed by atoms with Crippen molar-refractivity contribution in [3.05, 3.63) is 52.5 Å². The number of phenolic OH excluding ortho intramolecular Hbond substituents is 1. The maximum absolute atomic E-state index is 12.7. The van der Waals surface area contributed by atoms with Crippen molar-refractivity contribution in [3.63, 3.8) is 0 Å². The molecule has 0 saturated carbocycles. The van der Waals surface area contributed by atoms with Crippen LogP contribution in [0.2, 0.25) is 5.02 Å². The van der Waals surface area contributed by atoms with Gasteiger partial charge in [0, 0.05) is 32.2 Å². The Bertz CT molecular complexity index is 804. The highest BCUT2D eigenvalue weighted by atomic mass is 35.5. The third-order valence-corrected chi connectivity index (χ3v) is 4.95. The van der Waals surface area contributed by atoms with Gasteiger partial charge in [-0.05, 0) is 48.7 Å². The summed E-state index contributed by atoms with van der Waals surface area (Å²) in [5.74, 6) is 0.353. The molecule has 1 aliphatic heterocycles. The van der Waals surface area contributed by atoms with Crippen molar-refractivity contribution in [1.82, 2.24) is 4.90 Å². The lowest BCUT2D eigenvalue weighted by atomic mass is 10.1. The topological polar surface area (TPSA) is 53.0 Å². The molecule has 1 fully saturated rings. The van der Waals surface area contributed by atoms with Crippen LogP contribution in [0.15, 0.2) is 36.4 Å². The number of methoxy groups -OCH3 is 1. The monoisotopic (exact) mass is 374 g/mol. The molecule has 1 aliphatic rings. The van der Waals surface area contributed by atoms with E-state index < -0.39 is 0 Å². The molecule has 26 heavy (non-hydrogen) atoms. The van der Waals surface area contributed by atoms with Gasteiger partial charge in [-0.3, -0.25) is 4.79 Å². The number of ether oxygens (including phenoxy) is 1. The minimum absolute atomic E-state index is 0.0591. The van der Waals surface area contributed by atoms with Crippen molar-refractivity contribution in [2.45, 2.75) is 19.4 Å². The molecule has 1 heterocycles. The Hall–Kier alpha value is -2.40. The number of carbonyl (C=O) groups is 1. The molecule has 3 rings (SSSR count). The number of carbonyl (C=O) groups excluding carboxylic acids is 1. The number of amides is 1. The van der Waals surface area contributed by atoms with Gasteiger partial charge in [-0.1, -0.05) is 17.7 Å². The number of benzene rings is 2. The van der Waals surface area contributed by atoms with Gasteiger partial charge in [0.15, 0.2) is 11.5 Å². The molecule has 138 valence electrons. The van der Waals surface area contributed by atoms with Crippen LogP contribution in [0.5, 0.6) is 11.5 Å². The third-order valence-electron chi connectivity index (χ3n) is 4.65. The Labute approximate surface area is 158 Å². The van der Waals surface area contributed by atoms with E-state index in [0.717, 1.165) is 24.3 Å². The summed E-state index contributed by atoms with van der Waals surface area (Å²) in [4.78, 5) is 16.6. The maximum Gasteiger partial charge on any atom is 0.253 e. The van der Waals surface area contributed by atoms with Crippen molar-refractivity contribution >= 4 is 23.2 Å². The molecule has 6 heteroatoms. The van der Waals surface area contributed by atoms with Crippen molar-refractivity contribution < 1.29 is 14.6 Å². The first-order chi connectivity index (χ1) is 12.5. The van der Waals surface area contributed by atoms with E-state index in [1.165, 1.54) is 20.0 Å². The lowest BCUT2D eigenvalue weighted by molar-refractivity contribution is 0.0785. The van der Waals surface area contributed by atoms with E-state index >= 15 is 0 Å². The zero-order valence-electron chi connectivity index (χ0n) is 15.0. The number of rotatable bonds is 5. The summed E-state index contributed by atoms with van der Waals surface area (Å²) < 4.78 is 5.04. The van der Waals surface area contributed by atoms with Gasteiger partial charge in [0.05, 0.1) is 17.8 Å². The highest BCUT2D eigenvalue weighted by molar-refractivity contribution is 6.33. The molecule has 0 bridgehead atoms. The molecule has 0 aromatic heterocycles. The number of nitrogens with zero attached hydrogens (tertiary/aromatic N) is 2. The quantitative estimate of drug-likeness (QED) is 0.861. The van der Waals surface area contributed by atoms with Crippen LogP contribution in [0.1, 0.15) is 28.8 Å². The van der Waals surface area contributed by atoms with E-state index in [-0.39, 0.29) is 11.7 Å². The summed E-state index contributed by atoms with van der Waals surface area (Å²) in [7, 11) is 3.23. The molecule has 0 aliphatic carbocycles. The molecule has 1 N–H and O–H groups in total. The summed E-state index contributed by atoms with van der Waals surface area (Å²) in [6.45, 7) is 2.39. The van der Waals surface area contributed by atoms with Crippen LogP contribution in [0.4, 0.5) is 5.69 Å². The van der Waals surface area contributed by atoms with E-state index in [1.54, 1.807) is 30.1 Å². The molecule has 0 spiro atoms. The molecule has 0 atom stereocenters. The molecule has 1 saturated heterocycles. The smallest absolute Gasteiger partial charge is 0.253 e. The predicted molar refractivity (Wildman–Crippen MR) is 103 cm³/mol. The molecule has 5 nitrogen and oxygen atoms in total. The first-order valence-corrected chi connectivity index (χ1v) is 9.03. The summed E-state index contributed by atoms with van der Waals surface area (Å²) >= 11 is 6.41. The maximum atomic E-state index is 12.7. The fraction of sp³-hybridized carbons (Fsp3) is 0.350. The highest BCUT2D eigenvalue weighted by Gasteiger charge is 2.18. The van der Waals surface area contributed by atoms with E-state index in [1.807, 2.05) is 18.2 Å². The number of halogens is 1. The van der Waals surface area contributed by atoms with Gasteiger partial charge >= 0.3 is 0 Å². The van der Waals surface area contributed by atoms with Crippen molar-refractivity contribution in [2.24, 2.45) is 0 Å². The number of hydrogen-bond acceptors (Lipinski definition) is 4. The van der Waals surface area contributed by atoms with Crippen LogP contribution >= 0.6 is 11.6 Å². The van der Waals surface area contributed by atoms with Gasteiger partial charge < -0.3 is 19.6 Å². The van der Waals surface area contributed by atoms with Gasteiger partial charge in [0.2, 0.25) is 0 Å². The molecular weight excluding hydrogens is 352 g/mol. The number of aromatic hydroxyl groups is 1. The van der Waals surface area contributed by atoms with Crippen LogP contribution in [0.3, 0.4) is 0 Å². The minimum Gasteiger partial charge on any atom is -0.504 e. The number of hydrogen-bond donors (Lipinski definition) is 1. The van der Waals surface area contributed by atoms with Crippen LogP contribution < -0.4 is 9.64 Å². The molecular formula is C20H23ClN2O3. The zero-order valence-corrected chi connectivity index (χ0v) is 15.8. The average molecular weight is 375 g/mol. The Balaban J connectivity index is 1.71. The van der Waals surface area contributed by atoms with Crippen molar-refractivity contribution in [1.29, 1.82) is 0 Å². The van der Waals surface area contributed by atoms with Crippen molar-refractivity contribution in [2.75, 3.05) is 32.1 Å². The lowest BCUT2D eigenvalue weighted by Crippen LogP contribution is -2.26. The Morgan fingerprint density at radius 1 is 1.23 bits per heavy atom. The predicted octanol–water partition coefficient (Wildman–Crippen LogP) is 3.93. The lowest BCUT2D eigenvalue weighted by Gasteiger charge is -2.21. The second kappa shape index (κ2) is 7.87. The third kappa shape index (κ3) is 3.88. The first-order valence-electron chi connectivity index (χ1n) is 8.65. The van der Waals surface area contributed by atoms with Gasteiger partial charge in [-0.15, -0.1) is 0 Å². The normalized spacial score (nSPS) is 13.7. The number of phenols is 1. The summed E-state index contributed by atoms with van der Waals surface area (Å²) in [5.41, 5.74) is 2.36. The standard InChI is InChI=1S/C20H23ClN2O3/c1-22(13-14-5-8-19(26-2)18(24)11-14)20(25)15-6-7-17(16(21)12-15)23-9-3-4-10-23/h5-8,11-12,24H,3-4,9-10,13H2,1-2H3. The Morgan fingerprint density at radius 3 is 2.58 bits per heavy atom. The largest absolute Gasteiger partial charge is 0.504 e. The van der Waals surface area contributed by atoms with Crippen LogP contribution in [0.25, 0.3) is 0 Å². The summed E-state index contributed by atoms with van der Waals surface area (Å²) in [6.07, 6.45) is 2.35. The zero-order chi connectivity index (χ0) is 18.7. The van der Waals surface area contributed by atoms with E-state index in [2.05, 4.69) is 4.90 Å². The SMILES string of the molecule is COc1ccc(CN(C)C(=O)c2ccc(N3CCCC3)c(Cl)c2)cc1O. The Kier molecular flexibility index (Phi) is 5.57. The van der Waals surface area contributed by atoms with Crippen molar-refractivity contribution in [3.8, 4) is 11.5 Å². The molecule has 1 amide bonds. The van der Waals surface area contributed by atoms with E-state index in [4.69, 9.17) is 16.3 Å². The van der Waals surface area contributed by atoms with Crippen LogP contribution in [-0.4, -0.2) is 43.2 Å². The fourth-order valence-corrected chi connectivity index (χ4v) is 3.55.